The molecule has 1 aromatic rings. The maximum Gasteiger partial charge on any atom is 0.0601 e. The van der Waals surface area contributed by atoms with Crippen LogP contribution in [0.25, 0.3) is 0 Å². The quantitative estimate of drug-likeness (QED) is 0.835. The summed E-state index contributed by atoms with van der Waals surface area (Å²) in [6.07, 6.45) is 6.52. The van der Waals surface area contributed by atoms with Gasteiger partial charge in [-0.1, -0.05) is 0 Å². The van der Waals surface area contributed by atoms with Crippen LogP contribution in [0.1, 0.15) is 46.0 Å². The minimum absolute atomic E-state index is 0.630. The fraction of sp³-hybridized carbons (Fsp3) is 0.647. The lowest BCUT2D eigenvalue weighted by Crippen LogP contribution is -2.33. The van der Waals surface area contributed by atoms with Crippen molar-refractivity contribution in [3.63, 3.8) is 0 Å². The van der Waals surface area contributed by atoms with E-state index >= 15 is 0 Å². The molecule has 110 valence electrons. The molecule has 0 aromatic heterocycles. The molecule has 0 amide bonds. The van der Waals surface area contributed by atoms with E-state index in [1.807, 2.05) is 0 Å². The van der Waals surface area contributed by atoms with Crippen molar-refractivity contribution in [2.45, 2.75) is 58.0 Å². The maximum atomic E-state index is 6.34. The van der Waals surface area contributed by atoms with Crippen molar-refractivity contribution >= 4 is 17.1 Å². The van der Waals surface area contributed by atoms with Gasteiger partial charge in [-0.05, 0) is 64.2 Å². The van der Waals surface area contributed by atoms with Gasteiger partial charge in [0.05, 0.1) is 11.4 Å². The molecule has 2 aliphatic rings. The molecule has 20 heavy (non-hydrogen) atoms. The Morgan fingerprint density at radius 2 is 1.65 bits per heavy atom. The average molecular weight is 273 g/mol. The van der Waals surface area contributed by atoms with Gasteiger partial charge in [0.1, 0.15) is 0 Å². The summed E-state index contributed by atoms with van der Waals surface area (Å²) in [5.41, 5.74) is 9.80. The van der Waals surface area contributed by atoms with Gasteiger partial charge in [0.2, 0.25) is 0 Å². The van der Waals surface area contributed by atoms with Crippen molar-refractivity contribution in [1.29, 1.82) is 0 Å². The van der Waals surface area contributed by atoms with Crippen LogP contribution >= 0.6 is 0 Å². The topological polar surface area (TPSA) is 32.5 Å². The van der Waals surface area contributed by atoms with Crippen LogP contribution in [0, 0.1) is 0 Å². The minimum Gasteiger partial charge on any atom is -0.397 e. The van der Waals surface area contributed by atoms with Gasteiger partial charge in [-0.2, -0.15) is 0 Å². The molecule has 2 heterocycles. The van der Waals surface area contributed by atoms with E-state index in [4.69, 9.17) is 5.73 Å². The summed E-state index contributed by atoms with van der Waals surface area (Å²) in [6, 6.07) is 7.93. The Balaban J connectivity index is 1.83. The van der Waals surface area contributed by atoms with Crippen LogP contribution in [0.5, 0.6) is 0 Å². The monoisotopic (exact) mass is 273 g/mol. The third-order valence-corrected chi connectivity index (χ3v) is 4.96. The SMILES string of the molecule is C[C@H]1CC[C@H](C)N1c1ccc(N2CCCCC2)c(N)c1. The van der Waals surface area contributed by atoms with Gasteiger partial charge in [-0.15, -0.1) is 0 Å². The van der Waals surface area contributed by atoms with E-state index in [2.05, 4.69) is 41.8 Å². The van der Waals surface area contributed by atoms with Gasteiger partial charge in [-0.25, -0.2) is 0 Å². The Labute approximate surface area is 122 Å². The van der Waals surface area contributed by atoms with Crippen LogP contribution in [0.3, 0.4) is 0 Å². The maximum absolute atomic E-state index is 6.34. The first-order valence-corrected chi connectivity index (χ1v) is 8.09. The molecule has 2 atom stereocenters. The van der Waals surface area contributed by atoms with E-state index in [0.717, 1.165) is 18.8 Å². The summed E-state index contributed by atoms with van der Waals surface area (Å²) < 4.78 is 0. The summed E-state index contributed by atoms with van der Waals surface area (Å²) in [7, 11) is 0. The lowest BCUT2D eigenvalue weighted by Gasteiger charge is -2.32. The first-order valence-electron chi connectivity index (χ1n) is 8.09. The summed E-state index contributed by atoms with van der Waals surface area (Å²) in [6.45, 7) is 6.94. The zero-order chi connectivity index (χ0) is 14.1. The van der Waals surface area contributed by atoms with Crippen molar-refractivity contribution in [3.05, 3.63) is 18.2 Å². The molecule has 0 spiro atoms. The van der Waals surface area contributed by atoms with Crippen LogP contribution in [-0.4, -0.2) is 25.2 Å². The summed E-state index contributed by atoms with van der Waals surface area (Å²) in [5, 5.41) is 0. The first kappa shape index (κ1) is 13.6. The number of hydrogen-bond donors (Lipinski definition) is 1. The van der Waals surface area contributed by atoms with E-state index in [0.29, 0.717) is 12.1 Å². The number of piperidine rings is 1. The normalized spacial score (nSPS) is 27.1. The molecule has 2 fully saturated rings. The second kappa shape index (κ2) is 5.55. The first-order chi connectivity index (χ1) is 9.66. The highest BCUT2D eigenvalue weighted by atomic mass is 15.2. The van der Waals surface area contributed by atoms with Gasteiger partial charge in [-0.3, -0.25) is 0 Å². The summed E-state index contributed by atoms with van der Waals surface area (Å²) in [5.74, 6) is 0. The molecule has 1 aromatic carbocycles. The molecule has 2 saturated heterocycles. The fourth-order valence-electron chi connectivity index (χ4n) is 3.83. The average Bonchev–Trinajstić information content (AvgIpc) is 2.79. The molecule has 2 N–H and O–H groups in total. The van der Waals surface area contributed by atoms with Crippen LogP contribution in [0.2, 0.25) is 0 Å². The minimum atomic E-state index is 0.630. The van der Waals surface area contributed by atoms with Crippen molar-refractivity contribution < 1.29 is 0 Å². The van der Waals surface area contributed by atoms with E-state index in [1.54, 1.807) is 0 Å². The van der Waals surface area contributed by atoms with Crippen LogP contribution in [0.4, 0.5) is 17.1 Å². The fourth-order valence-corrected chi connectivity index (χ4v) is 3.83. The molecule has 0 unspecified atom stereocenters. The van der Waals surface area contributed by atoms with Crippen LogP contribution < -0.4 is 15.5 Å². The number of nitrogens with zero attached hydrogens (tertiary/aromatic N) is 2. The highest BCUT2D eigenvalue weighted by molar-refractivity contribution is 5.73. The van der Waals surface area contributed by atoms with Gasteiger partial charge < -0.3 is 15.5 Å². The highest BCUT2D eigenvalue weighted by Crippen LogP contribution is 2.35. The van der Waals surface area contributed by atoms with Crippen molar-refractivity contribution in [2.75, 3.05) is 28.6 Å². The van der Waals surface area contributed by atoms with Gasteiger partial charge >= 0.3 is 0 Å². The molecule has 0 bridgehead atoms. The van der Waals surface area contributed by atoms with Gasteiger partial charge in [0, 0.05) is 30.9 Å². The largest absolute Gasteiger partial charge is 0.397 e. The van der Waals surface area contributed by atoms with E-state index in [1.165, 1.54) is 43.5 Å². The number of nitrogen functional groups attached to an aromatic ring is 1. The Hall–Kier alpha value is -1.38. The summed E-state index contributed by atoms with van der Waals surface area (Å²) >= 11 is 0. The third kappa shape index (κ3) is 2.46. The Morgan fingerprint density at radius 3 is 2.25 bits per heavy atom. The van der Waals surface area contributed by atoms with Gasteiger partial charge in [0.25, 0.3) is 0 Å². The molecule has 3 rings (SSSR count). The molecular weight excluding hydrogens is 246 g/mol. The summed E-state index contributed by atoms with van der Waals surface area (Å²) in [4.78, 5) is 4.97. The van der Waals surface area contributed by atoms with Crippen molar-refractivity contribution in [2.24, 2.45) is 0 Å². The zero-order valence-corrected chi connectivity index (χ0v) is 12.8. The van der Waals surface area contributed by atoms with E-state index in [-0.39, 0.29) is 0 Å². The number of benzene rings is 1. The molecular formula is C17H27N3. The highest BCUT2D eigenvalue weighted by Gasteiger charge is 2.27. The van der Waals surface area contributed by atoms with E-state index < -0.39 is 0 Å². The predicted octanol–water partition coefficient (Wildman–Crippen LogP) is 3.64. The van der Waals surface area contributed by atoms with Crippen LogP contribution in [0.15, 0.2) is 18.2 Å². The van der Waals surface area contributed by atoms with Crippen LogP contribution in [-0.2, 0) is 0 Å². The second-order valence-electron chi connectivity index (χ2n) is 6.47. The number of anilines is 3. The second-order valence-corrected chi connectivity index (χ2v) is 6.47. The Morgan fingerprint density at radius 1 is 1.00 bits per heavy atom. The Bertz CT molecular complexity index is 455. The molecule has 0 aliphatic carbocycles. The Kier molecular flexibility index (Phi) is 3.77. The lowest BCUT2D eigenvalue weighted by molar-refractivity contribution is 0.578. The van der Waals surface area contributed by atoms with Crippen molar-refractivity contribution in [1.82, 2.24) is 0 Å². The standard InChI is InChI=1S/C17H27N3/c1-13-6-7-14(2)20(13)15-8-9-17(16(18)12-15)19-10-4-3-5-11-19/h8-9,12-14H,3-7,10-11,18H2,1-2H3/t13-,14-/m0/s1. The zero-order valence-electron chi connectivity index (χ0n) is 12.8. The van der Waals surface area contributed by atoms with Gasteiger partial charge in [0.15, 0.2) is 0 Å². The molecule has 2 aliphatic heterocycles. The third-order valence-electron chi connectivity index (χ3n) is 4.96. The number of hydrogen-bond acceptors (Lipinski definition) is 3. The molecule has 3 nitrogen and oxygen atoms in total. The van der Waals surface area contributed by atoms with Crippen molar-refractivity contribution in [3.8, 4) is 0 Å². The molecule has 0 saturated carbocycles. The molecule has 3 heteroatoms. The lowest BCUT2D eigenvalue weighted by atomic mass is 10.1. The van der Waals surface area contributed by atoms with E-state index in [9.17, 15) is 0 Å². The smallest absolute Gasteiger partial charge is 0.0601 e. The number of nitrogens with two attached hydrogens (primary N) is 1. The number of rotatable bonds is 2. The molecule has 0 radical (unpaired) electrons. The predicted molar refractivity (Wildman–Crippen MR) is 87.6 cm³/mol.